The number of nitrogens with one attached hydrogen (secondary N) is 2. The van der Waals surface area contributed by atoms with E-state index in [4.69, 9.17) is 20.4 Å². The number of hydrogen-bond acceptors (Lipinski definition) is 4. The summed E-state index contributed by atoms with van der Waals surface area (Å²) < 4.78 is 0. The van der Waals surface area contributed by atoms with E-state index in [9.17, 15) is 0 Å². The maximum absolute atomic E-state index is 8.35. The quantitative estimate of drug-likeness (QED) is 0.329. The third kappa shape index (κ3) is 23.6. The third-order valence-corrected chi connectivity index (χ3v) is 1.16. The van der Waals surface area contributed by atoms with Gasteiger partial charge in [-0.2, -0.15) is 0 Å². The summed E-state index contributed by atoms with van der Waals surface area (Å²) in [4.78, 5) is 16.7. The molecule has 0 aromatic carbocycles. The van der Waals surface area contributed by atoms with Crippen molar-refractivity contribution in [3.63, 3.8) is 0 Å². The molecule has 0 unspecified atom stereocenters. The minimum atomic E-state index is 0.750. The molecule has 0 atom stereocenters. The second-order valence-corrected chi connectivity index (χ2v) is 1.96. The van der Waals surface area contributed by atoms with Crippen molar-refractivity contribution in [2.75, 3.05) is 0 Å². The van der Waals surface area contributed by atoms with Gasteiger partial charge >= 0.3 is 0 Å². The highest BCUT2D eigenvalue weighted by molar-refractivity contribution is 5.26. The molecule has 0 saturated heterocycles. The van der Waals surface area contributed by atoms with Crippen LogP contribution in [0.1, 0.15) is 25.7 Å². The topological polar surface area (TPSA) is 81.8 Å². The first kappa shape index (κ1) is 13.1. The molecule has 0 fully saturated rings. The lowest BCUT2D eigenvalue weighted by molar-refractivity contribution is 0.562. The van der Waals surface area contributed by atoms with Crippen molar-refractivity contribution in [1.29, 1.82) is 10.8 Å². The molecule has 0 radical (unpaired) electrons. The van der Waals surface area contributed by atoms with Crippen molar-refractivity contribution in [3.8, 4) is 0 Å². The molecule has 0 saturated carbocycles. The van der Waals surface area contributed by atoms with Gasteiger partial charge in [0.25, 0.3) is 0 Å². The summed E-state index contributed by atoms with van der Waals surface area (Å²) >= 11 is 0. The molecule has 12 heavy (non-hydrogen) atoms. The third-order valence-electron chi connectivity index (χ3n) is 1.16. The van der Waals surface area contributed by atoms with E-state index >= 15 is 0 Å². The maximum Gasteiger partial charge on any atom is 0.231 e. The minimum Gasteiger partial charge on any atom is -0.222 e. The molecule has 0 amide bonds. The number of carbonyl (C=O) groups excluding carboxylic acids is 2. The monoisotopic (exact) mass is 168 g/mol. The van der Waals surface area contributed by atoms with E-state index in [1.807, 2.05) is 0 Å². The Morgan fingerprint density at radius 1 is 0.917 bits per heavy atom. The van der Waals surface area contributed by atoms with Gasteiger partial charge in [-0.1, -0.05) is 12.2 Å². The first-order valence-corrected chi connectivity index (χ1v) is 3.56. The van der Waals surface area contributed by atoms with Gasteiger partial charge in [-0.25, -0.2) is 20.4 Å². The molecule has 0 aromatic heterocycles. The summed E-state index contributed by atoms with van der Waals surface area (Å²) in [6.45, 7) is 0. The molecule has 4 heteroatoms. The van der Waals surface area contributed by atoms with Crippen LogP contribution in [0.4, 0.5) is 0 Å². The van der Waals surface area contributed by atoms with E-state index in [0.717, 1.165) is 12.2 Å². The van der Waals surface area contributed by atoms with Crippen LogP contribution >= 0.6 is 0 Å². The lowest BCUT2D eigenvalue weighted by atomic mass is 10.1. The van der Waals surface area contributed by atoms with Gasteiger partial charge in [0.15, 0.2) is 0 Å². The zero-order valence-corrected chi connectivity index (χ0v) is 6.80. The van der Waals surface area contributed by atoms with Crippen LogP contribution in [0.3, 0.4) is 0 Å². The maximum atomic E-state index is 8.35. The van der Waals surface area contributed by atoms with Gasteiger partial charge in [0.1, 0.15) is 0 Å². The van der Waals surface area contributed by atoms with Crippen LogP contribution in [0.2, 0.25) is 0 Å². The summed E-state index contributed by atoms with van der Waals surface area (Å²) in [6, 6.07) is 0. The molecule has 4 nitrogen and oxygen atoms in total. The van der Waals surface area contributed by atoms with Crippen LogP contribution in [0.15, 0.2) is 12.2 Å². The molecule has 0 heterocycles. The standard InChI is InChI=1S/C6H10.2CHNO/c1-2-4-6-5-3-1;2*2-1-3/h1-2H,3-6H2;2*2H. The van der Waals surface area contributed by atoms with Crippen molar-refractivity contribution in [2.24, 2.45) is 0 Å². The average Bonchev–Trinajstić information content (AvgIpc) is 2.10. The molecule has 2 N–H and O–H groups in total. The Kier molecular flexibility index (Phi) is 17.8. The normalized spacial score (nSPS) is 12.0. The van der Waals surface area contributed by atoms with Crippen molar-refractivity contribution in [1.82, 2.24) is 0 Å². The Bertz CT molecular complexity index is 155. The predicted molar refractivity (Wildman–Crippen MR) is 44.4 cm³/mol. The number of rotatable bonds is 0. The first-order chi connectivity index (χ1) is 5.83. The highest BCUT2D eigenvalue weighted by Crippen LogP contribution is 2.07. The van der Waals surface area contributed by atoms with Gasteiger partial charge in [-0.3, -0.25) is 0 Å². The fraction of sp³-hybridized carbons (Fsp3) is 0.500. The fourth-order valence-electron chi connectivity index (χ4n) is 0.760. The zero-order chi connectivity index (χ0) is 9.66. The molecule has 1 aliphatic rings. The second-order valence-electron chi connectivity index (χ2n) is 1.96. The van der Waals surface area contributed by atoms with Crippen molar-refractivity contribution in [3.05, 3.63) is 12.2 Å². The summed E-state index contributed by atoms with van der Waals surface area (Å²) in [7, 11) is 0. The lowest BCUT2D eigenvalue weighted by Crippen LogP contribution is -1.77. The van der Waals surface area contributed by atoms with Gasteiger partial charge in [0.05, 0.1) is 0 Å². The van der Waals surface area contributed by atoms with E-state index in [2.05, 4.69) is 12.2 Å². The van der Waals surface area contributed by atoms with Gasteiger partial charge < -0.3 is 0 Å². The average molecular weight is 168 g/mol. The smallest absolute Gasteiger partial charge is 0.222 e. The number of isocyanates is 2. The molecule has 1 aliphatic carbocycles. The van der Waals surface area contributed by atoms with E-state index in [1.54, 1.807) is 0 Å². The summed E-state index contributed by atoms with van der Waals surface area (Å²) in [5.41, 5.74) is 0. The van der Waals surface area contributed by atoms with Crippen LogP contribution in [0.5, 0.6) is 0 Å². The lowest BCUT2D eigenvalue weighted by Gasteiger charge is -1.97. The summed E-state index contributed by atoms with van der Waals surface area (Å²) in [5, 5.41) is 10.8. The van der Waals surface area contributed by atoms with Gasteiger partial charge in [-0.15, -0.1) is 0 Å². The first-order valence-electron chi connectivity index (χ1n) is 3.56. The highest BCUT2D eigenvalue weighted by Gasteiger charge is 1.87. The molecular weight excluding hydrogens is 156 g/mol. The van der Waals surface area contributed by atoms with Crippen LogP contribution in [-0.2, 0) is 9.59 Å². The zero-order valence-electron chi connectivity index (χ0n) is 6.80. The van der Waals surface area contributed by atoms with E-state index < -0.39 is 0 Å². The molecule has 0 bridgehead atoms. The van der Waals surface area contributed by atoms with Crippen molar-refractivity contribution < 1.29 is 9.59 Å². The van der Waals surface area contributed by atoms with Crippen LogP contribution in [0, 0.1) is 10.8 Å². The summed E-state index contributed by atoms with van der Waals surface area (Å²) in [5.74, 6) is 0. The van der Waals surface area contributed by atoms with Gasteiger partial charge in [0.2, 0.25) is 12.2 Å². The number of hydrogen-bond donors (Lipinski definition) is 2. The van der Waals surface area contributed by atoms with Gasteiger partial charge in [-0.05, 0) is 25.7 Å². The van der Waals surface area contributed by atoms with E-state index in [1.165, 1.54) is 25.7 Å². The Morgan fingerprint density at radius 3 is 1.25 bits per heavy atom. The molecule has 66 valence electrons. The number of allylic oxidation sites excluding steroid dienone is 2. The predicted octanol–water partition coefficient (Wildman–Crippen LogP) is 1.92. The Balaban J connectivity index is 0. The highest BCUT2D eigenvalue weighted by atomic mass is 16.1. The molecule has 0 aromatic rings. The van der Waals surface area contributed by atoms with Crippen LogP contribution in [0.25, 0.3) is 0 Å². The Labute approximate surface area is 71.3 Å². The molecule has 1 rings (SSSR count). The fourth-order valence-corrected chi connectivity index (χ4v) is 0.760. The molecule has 0 aliphatic heterocycles. The molecular formula is C8H12N2O2. The van der Waals surface area contributed by atoms with Crippen LogP contribution in [-0.4, -0.2) is 12.2 Å². The Hall–Kier alpha value is -1.50. The van der Waals surface area contributed by atoms with Gasteiger partial charge in [0, 0.05) is 0 Å². The van der Waals surface area contributed by atoms with Crippen molar-refractivity contribution >= 4 is 12.2 Å². The molecule has 0 spiro atoms. The van der Waals surface area contributed by atoms with E-state index in [0.29, 0.717) is 0 Å². The SMILES string of the molecule is C1=CCCCC1.N=C=O.N=C=O. The van der Waals surface area contributed by atoms with Crippen LogP contribution < -0.4 is 0 Å². The largest absolute Gasteiger partial charge is 0.231 e. The minimum absolute atomic E-state index is 0.750. The van der Waals surface area contributed by atoms with E-state index in [-0.39, 0.29) is 0 Å². The van der Waals surface area contributed by atoms with Crippen molar-refractivity contribution in [2.45, 2.75) is 25.7 Å². The summed E-state index contributed by atoms with van der Waals surface area (Å²) in [6.07, 6.45) is 11.5. The Morgan fingerprint density at radius 2 is 1.17 bits per heavy atom. The second kappa shape index (κ2) is 16.2.